The van der Waals surface area contributed by atoms with Gasteiger partial charge in [-0.1, -0.05) is 30.3 Å². The third-order valence-electron chi connectivity index (χ3n) is 5.36. The first-order valence-electron chi connectivity index (χ1n) is 10.3. The highest BCUT2D eigenvalue weighted by Crippen LogP contribution is 2.39. The Labute approximate surface area is 192 Å². The summed E-state index contributed by atoms with van der Waals surface area (Å²) in [5, 5.41) is 31.9. The van der Waals surface area contributed by atoms with Crippen molar-refractivity contribution < 1.29 is 19.4 Å². The van der Waals surface area contributed by atoms with Crippen LogP contribution in [0.25, 0.3) is 28.0 Å². The molecule has 0 saturated carbocycles. The van der Waals surface area contributed by atoms with E-state index in [-0.39, 0.29) is 22.7 Å². The molecule has 0 spiro atoms. The number of aryl methyl sites for hydroxylation is 1. The number of aromatic carboxylic acids is 1. The van der Waals surface area contributed by atoms with Gasteiger partial charge in [0.15, 0.2) is 11.4 Å². The van der Waals surface area contributed by atoms with Crippen LogP contribution >= 0.6 is 0 Å². The van der Waals surface area contributed by atoms with Crippen molar-refractivity contribution in [1.29, 1.82) is 0 Å². The van der Waals surface area contributed by atoms with Crippen LogP contribution in [0.1, 0.15) is 16.1 Å². The number of furan rings is 1. The number of carboxylic acids is 1. The molecule has 3 aromatic carbocycles. The Balaban J connectivity index is 1.51. The van der Waals surface area contributed by atoms with E-state index in [1.54, 1.807) is 37.3 Å². The van der Waals surface area contributed by atoms with Gasteiger partial charge in [-0.05, 0) is 49.4 Å². The average Bonchev–Trinajstić information content (AvgIpc) is 3.39. The maximum absolute atomic E-state index is 12.9. The first kappa shape index (κ1) is 21.0. The lowest BCUT2D eigenvalue weighted by molar-refractivity contribution is 0.0697. The number of benzene rings is 3. The van der Waals surface area contributed by atoms with Crippen molar-refractivity contribution in [1.82, 2.24) is 9.78 Å². The van der Waals surface area contributed by atoms with E-state index in [1.165, 1.54) is 16.8 Å². The topological polar surface area (TPSA) is 133 Å². The van der Waals surface area contributed by atoms with Crippen molar-refractivity contribution in [3.8, 4) is 22.8 Å². The summed E-state index contributed by atoms with van der Waals surface area (Å²) in [5.41, 5.74) is 1.67. The summed E-state index contributed by atoms with van der Waals surface area (Å²) < 4.78 is 7.03. The van der Waals surface area contributed by atoms with E-state index in [2.05, 4.69) is 15.3 Å². The molecule has 0 saturated heterocycles. The fraction of sp³-hybridized carbons (Fsp3) is 0.0400. The van der Waals surface area contributed by atoms with E-state index in [9.17, 15) is 19.8 Å². The standard InChI is InChI=1S/C25H18N4O5/c1-14-22(24(31)29(28-14)17-8-4-7-16(12-17)25(32)33)27-26-19-10-5-9-18(23(19)30)21-13-15-6-2-3-11-20(15)34-21/h2-13,28,30H,1H3,(H,32,33). The largest absolute Gasteiger partial charge is 0.505 e. The van der Waals surface area contributed by atoms with Crippen molar-refractivity contribution in [3.63, 3.8) is 0 Å². The molecule has 0 aliphatic carbocycles. The number of phenols is 1. The molecule has 9 heteroatoms. The fourth-order valence-corrected chi connectivity index (χ4v) is 3.64. The number of azo groups is 1. The quantitative estimate of drug-likeness (QED) is 0.293. The molecule has 2 aromatic heterocycles. The van der Waals surface area contributed by atoms with Gasteiger partial charge in [-0.25, -0.2) is 9.48 Å². The number of hydrogen-bond acceptors (Lipinski definition) is 6. The van der Waals surface area contributed by atoms with Crippen molar-refractivity contribution in [2.75, 3.05) is 0 Å². The smallest absolute Gasteiger partial charge is 0.335 e. The Morgan fingerprint density at radius 1 is 1.00 bits per heavy atom. The number of hydrogen-bond donors (Lipinski definition) is 3. The van der Waals surface area contributed by atoms with E-state index < -0.39 is 11.5 Å². The number of para-hydroxylation sites is 2. The zero-order chi connectivity index (χ0) is 23.8. The Morgan fingerprint density at radius 3 is 2.59 bits per heavy atom. The third kappa shape index (κ3) is 3.65. The van der Waals surface area contributed by atoms with Gasteiger partial charge in [0.1, 0.15) is 17.0 Å². The second-order valence-corrected chi connectivity index (χ2v) is 7.60. The third-order valence-corrected chi connectivity index (χ3v) is 5.36. The van der Waals surface area contributed by atoms with Crippen molar-refractivity contribution in [2.24, 2.45) is 10.2 Å². The summed E-state index contributed by atoms with van der Waals surface area (Å²) in [6, 6.07) is 20.3. The number of nitrogens with one attached hydrogen (secondary N) is 1. The number of nitrogens with zero attached hydrogens (tertiary/aromatic N) is 3. The molecule has 0 unspecified atom stereocenters. The molecular formula is C25H18N4O5. The van der Waals surface area contributed by atoms with Gasteiger partial charge >= 0.3 is 5.97 Å². The molecule has 0 amide bonds. The summed E-state index contributed by atoms with van der Waals surface area (Å²) in [6.45, 7) is 1.65. The van der Waals surface area contributed by atoms with E-state index >= 15 is 0 Å². The van der Waals surface area contributed by atoms with E-state index in [4.69, 9.17) is 4.42 Å². The highest BCUT2D eigenvalue weighted by molar-refractivity contribution is 5.88. The van der Waals surface area contributed by atoms with Gasteiger partial charge < -0.3 is 14.6 Å². The lowest BCUT2D eigenvalue weighted by Gasteiger charge is -2.03. The predicted molar refractivity (Wildman–Crippen MR) is 126 cm³/mol. The zero-order valence-corrected chi connectivity index (χ0v) is 17.9. The van der Waals surface area contributed by atoms with E-state index in [0.29, 0.717) is 28.3 Å². The molecule has 9 nitrogen and oxygen atoms in total. The van der Waals surface area contributed by atoms with Crippen LogP contribution in [0.2, 0.25) is 0 Å². The molecule has 0 bridgehead atoms. The highest BCUT2D eigenvalue weighted by atomic mass is 16.4. The number of aromatic hydroxyl groups is 1. The summed E-state index contributed by atoms with van der Waals surface area (Å²) in [7, 11) is 0. The normalized spacial score (nSPS) is 11.4. The molecule has 168 valence electrons. The first-order valence-corrected chi connectivity index (χ1v) is 10.3. The lowest BCUT2D eigenvalue weighted by Crippen LogP contribution is -2.14. The van der Waals surface area contributed by atoms with Gasteiger partial charge in [0.2, 0.25) is 0 Å². The van der Waals surface area contributed by atoms with Crippen LogP contribution in [0.4, 0.5) is 11.4 Å². The molecule has 0 aliphatic rings. The number of phenolic OH excluding ortho intramolecular Hbond substituents is 1. The van der Waals surface area contributed by atoms with Crippen LogP contribution in [-0.4, -0.2) is 26.0 Å². The molecular weight excluding hydrogens is 436 g/mol. The number of carbonyl (C=O) groups is 1. The summed E-state index contributed by atoms with van der Waals surface area (Å²) >= 11 is 0. The van der Waals surface area contributed by atoms with Crippen LogP contribution < -0.4 is 5.56 Å². The minimum absolute atomic E-state index is 0.0364. The zero-order valence-electron chi connectivity index (χ0n) is 17.9. The maximum atomic E-state index is 12.9. The Bertz CT molecular complexity index is 1610. The van der Waals surface area contributed by atoms with Gasteiger partial charge in [0.05, 0.1) is 22.5 Å². The highest BCUT2D eigenvalue weighted by Gasteiger charge is 2.16. The van der Waals surface area contributed by atoms with Crippen LogP contribution in [0.5, 0.6) is 5.75 Å². The summed E-state index contributed by atoms with van der Waals surface area (Å²) in [4.78, 5) is 24.2. The van der Waals surface area contributed by atoms with Crippen LogP contribution in [0, 0.1) is 6.92 Å². The van der Waals surface area contributed by atoms with Gasteiger partial charge in [0.25, 0.3) is 5.56 Å². The molecule has 5 aromatic rings. The molecule has 3 N–H and O–H groups in total. The van der Waals surface area contributed by atoms with E-state index in [1.807, 2.05) is 30.3 Å². The lowest BCUT2D eigenvalue weighted by atomic mass is 10.1. The number of carboxylic acid groups (broad SMARTS) is 1. The van der Waals surface area contributed by atoms with Crippen LogP contribution in [0.3, 0.4) is 0 Å². The molecule has 0 radical (unpaired) electrons. The number of rotatable bonds is 5. The minimum Gasteiger partial charge on any atom is -0.505 e. The second-order valence-electron chi connectivity index (χ2n) is 7.60. The Morgan fingerprint density at radius 2 is 1.79 bits per heavy atom. The maximum Gasteiger partial charge on any atom is 0.335 e. The molecule has 0 fully saturated rings. The van der Waals surface area contributed by atoms with Gasteiger partial charge in [-0.15, -0.1) is 10.2 Å². The number of aromatic nitrogens is 2. The van der Waals surface area contributed by atoms with Crippen molar-refractivity contribution in [3.05, 3.63) is 94.4 Å². The molecule has 34 heavy (non-hydrogen) atoms. The predicted octanol–water partition coefficient (Wildman–Crippen LogP) is 5.71. The monoisotopic (exact) mass is 454 g/mol. The average molecular weight is 454 g/mol. The fourth-order valence-electron chi connectivity index (χ4n) is 3.64. The number of aromatic amines is 1. The summed E-state index contributed by atoms with van der Waals surface area (Å²) in [5.74, 6) is -0.750. The Kier molecular flexibility index (Phi) is 5.06. The van der Waals surface area contributed by atoms with Crippen molar-refractivity contribution in [2.45, 2.75) is 6.92 Å². The molecule has 2 heterocycles. The van der Waals surface area contributed by atoms with Crippen LogP contribution in [-0.2, 0) is 0 Å². The van der Waals surface area contributed by atoms with Crippen molar-refractivity contribution >= 4 is 28.3 Å². The second kappa shape index (κ2) is 8.21. The van der Waals surface area contributed by atoms with E-state index in [0.717, 1.165) is 5.39 Å². The molecule has 0 atom stereocenters. The van der Waals surface area contributed by atoms with Gasteiger partial charge in [-0.3, -0.25) is 9.89 Å². The van der Waals surface area contributed by atoms with Gasteiger partial charge in [0, 0.05) is 5.39 Å². The number of fused-ring (bicyclic) bond motifs is 1. The van der Waals surface area contributed by atoms with Crippen LogP contribution in [0.15, 0.2) is 92.2 Å². The Hall–Kier alpha value is -4.92. The molecule has 5 rings (SSSR count). The first-order chi connectivity index (χ1) is 16.4. The number of H-pyrrole nitrogens is 1. The minimum atomic E-state index is -1.10. The summed E-state index contributed by atoms with van der Waals surface area (Å²) in [6.07, 6.45) is 0. The SMILES string of the molecule is Cc1[nH]n(-c2cccc(C(=O)O)c2)c(=O)c1N=Nc1cccc(-c2cc3ccccc3o2)c1O. The molecule has 0 aliphatic heterocycles. The van der Waals surface area contributed by atoms with Gasteiger partial charge in [-0.2, -0.15) is 0 Å².